The van der Waals surface area contributed by atoms with Gasteiger partial charge < -0.3 is 15.9 Å². The minimum Gasteiger partial charge on any atom is -0.504 e. The Labute approximate surface area is 137 Å². The topological polar surface area (TPSA) is 101 Å². The van der Waals surface area contributed by atoms with Crippen LogP contribution in [0.25, 0.3) is 22.6 Å². The number of hydrogen-bond acceptors (Lipinski definition) is 5. The zero-order valence-electron chi connectivity index (χ0n) is 12.7. The third-order valence-electron chi connectivity index (χ3n) is 4.21. The van der Waals surface area contributed by atoms with Gasteiger partial charge in [0, 0.05) is 12.2 Å². The van der Waals surface area contributed by atoms with Crippen LogP contribution in [0.3, 0.4) is 0 Å². The quantitative estimate of drug-likeness (QED) is 0.472. The van der Waals surface area contributed by atoms with Crippen LogP contribution in [-0.2, 0) is 6.54 Å². The van der Waals surface area contributed by atoms with Crippen molar-refractivity contribution in [2.45, 2.75) is 13.0 Å². The van der Waals surface area contributed by atoms with Crippen molar-refractivity contribution in [2.75, 3.05) is 5.73 Å². The van der Waals surface area contributed by atoms with Gasteiger partial charge in [0.05, 0.1) is 10.9 Å². The van der Waals surface area contributed by atoms with Crippen LogP contribution in [0.4, 0.5) is 5.69 Å². The number of nitrogen functional groups attached to an aromatic ring is 1. The van der Waals surface area contributed by atoms with Gasteiger partial charge in [-0.15, -0.1) is 0 Å². The molecule has 1 aromatic heterocycles. The van der Waals surface area contributed by atoms with Gasteiger partial charge >= 0.3 is 0 Å². The molecule has 0 aliphatic carbocycles. The van der Waals surface area contributed by atoms with Crippen molar-refractivity contribution in [3.63, 3.8) is 0 Å². The number of aromatic nitrogens is 2. The summed E-state index contributed by atoms with van der Waals surface area (Å²) in [6.45, 7) is 0.567. The molecule has 4 rings (SSSR count). The van der Waals surface area contributed by atoms with E-state index in [0.29, 0.717) is 35.4 Å². The van der Waals surface area contributed by atoms with E-state index in [-0.39, 0.29) is 17.1 Å². The Morgan fingerprint density at radius 3 is 2.75 bits per heavy atom. The molecule has 0 fully saturated rings. The molecular formula is C18H15N3O3. The summed E-state index contributed by atoms with van der Waals surface area (Å²) < 4.78 is 1.66. The van der Waals surface area contributed by atoms with E-state index in [1.54, 1.807) is 28.8 Å². The van der Waals surface area contributed by atoms with E-state index in [4.69, 9.17) is 5.73 Å². The fraction of sp³-hybridized carbons (Fsp3) is 0.111. The van der Waals surface area contributed by atoms with Gasteiger partial charge in [0.15, 0.2) is 11.5 Å². The lowest BCUT2D eigenvalue weighted by Gasteiger charge is -2.06. The number of rotatable bonds is 1. The third-order valence-corrected chi connectivity index (χ3v) is 4.21. The van der Waals surface area contributed by atoms with Gasteiger partial charge in [-0.05, 0) is 54.0 Å². The molecule has 2 heterocycles. The fourth-order valence-electron chi connectivity index (χ4n) is 3.00. The first kappa shape index (κ1) is 14.3. The average Bonchev–Trinajstić information content (AvgIpc) is 2.94. The molecule has 0 bridgehead atoms. The Morgan fingerprint density at radius 1 is 1.12 bits per heavy atom. The SMILES string of the molecule is Nc1ccc2c(=O)n3c(nc2c1)C(=Cc1ccc(O)c(O)c1)CC3. The smallest absolute Gasteiger partial charge is 0.261 e. The van der Waals surface area contributed by atoms with Crippen LogP contribution in [0.2, 0.25) is 0 Å². The molecule has 3 aromatic rings. The first-order valence-electron chi connectivity index (χ1n) is 7.56. The maximum Gasteiger partial charge on any atom is 0.261 e. The standard InChI is InChI=1S/C18H15N3O3/c19-12-2-3-13-14(9-12)20-17-11(5-6-21(17)18(13)24)7-10-1-4-15(22)16(23)8-10/h1-4,7-9,22-23H,5-6,19H2. The summed E-state index contributed by atoms with van der Waals surface area (Å²) in [6, 6.07) is 9.69. The monoisotopic (exact) mass is 321 g/mol. The Kier molecular flexibility index (Phi) is 3.06. The van der Waals surface area contributed by atoms with Crippen molar-refractivity contribution in [3.8, 4) is 11.5 Å². The number of hydrogen-bond donors (Lipinski definition) is 3. The van der Waals surface area contributed by atoms with Crippen LogP contribution in [0.1, 0.15) is 17.8 Å². The van der Waals surface area contributed by atoms with E-state index in [0.717, 1.165) is 11.1 Å². The van der Waals surface area contributed by atoms with Gasteiger partial charge in [0.25, 0.3) is 5.56 Å². The highest BCUT2D eigenvalue weighted by Crippen LogP contribution is 2.30. The number of nitrogens with two attached hydrogens (primary N) is 1. The number of phenols is 2. The Morgan fingerprint density at radius 2 is 1.96 bits per heavy atom. The van der Waals surface area contributed by atoms with E-state index in [1.165, 1.54) is 12.1 Å². The van der Waals surface area contributed by atoms with Crippen molar-refractivity contribution in [3.05, 3.63) is 58.1 Å². The van der Waals surface area contributed by atoms with Crippen molar-refractivity contribution in [1.82, 2.24) is 9.55 Å². The minimum atomic E-state index is -0.181. The predicted octanol–water partition coefficient (Wildman–Crippen LogP) is 2.33. The summed E-state index contributed by atoms with van der Waals surface area (Å²) in [4.78, 5) is 17.2. The molecule has 120 valence electrons. The molecule has 0 saturated heterocycles. The summed E-state index contributed by atoms with van der Waals surface area (Å²) >= 11 is 0. The summed E-state index contributed by atoms with van der Waals surface area (Å²) in [6.07, 6.45) is 2.54. The highest BCUT2D eigenvalue weighted by atomic mass is 16.3. The lowest BCUT2D eigenvalue weighted by molar-refractivity contribution is 0.403. The molecule has 0 spiro atoms. The van der Waals surface area contributed by atoms with Gasteiger partial charge in [0.1, 0.15) is 5.82 Å². The lowest BCUT2D eigenvalue weighted by atomic mass is 10.1. The second-order valence-electron chi connectivity index (χ2n) is 5.84. The number of allylic oxidation sites excluding steroid dienone is 1. The van der Waals surface area contributed by atoms with E-state index in [2.05, 4.69) is 4.98 Å². The van der Waals surface area contributed by atoms with Gasteiger partial charge in [0.2, 0.25) is 0 Å². The van der Waals surface area contributed by atoms with Crippen LogP contribution in [-0.4, -0.2) is 19.8 Å². The Balaban J connectivity index is 1.89. The maximum absolute atomic E-state index is 12.6. The summed E-state index contributed by atoms with van der Waals surface area (Å²) in [5.74, 6) is 0.268. The molecule has 0 atom stereocenters. The molecular weight excluding hydrogens is 306 g/mol. The lowest BCUT2D eigenvalue weighted by Crippen LogP contribution is -2.20. The van der Waals surface area contributed by atoms with Gasteiger partial charge in [-0.25, -0.2) is 4.98 Å². The van der Waals surface area contributed by atoms with E-state index in [9.17, 15) is 15.0 Å². The largest absolute Gasteiger partial charge is 0.504 e. The van der Waals surface area contributed by atoms with E-state index in [1.807, 2.05) is 6.08 Å². The summed E-state index contributed by atoms with van der Waals surface area (Å²) in [7, 11) is 0. The normalized spacial score (nSPS) is 15.1. The second kappa shape index (κ2) is 5.13. The van der Waals surface area contributed by atoms with Crippen molar-refractivity contribution >= 4 is 28.2 Å². The summed E-state index contributed by atoms with van der Waals surface area (Å²) in [5, 5.41) is 19.6. The first-order valence-corrected chi connectivity index (χ1v) is 7.56. The second-order valence-corrected chi connectivity index (χ2v) is 5.84. The molecule has 1 aliphatic rings. The van der Waals surface area contributed by atoms with Crippen LogP contribution < -0.4 is 11.3 Å². The molecule has 0 amide bonds. The molecule has 0 unspecified atom stereocenters. The molecule has 1 aliphatic heterocycles. The fourth-order valence-corrected chi connectivity index (χ4v) is 3.00. The molecule has 4 N–H and O–H groups in total. The van der Waals surface area contributed by atoms with Crippen molar-refractivity contribution in [2.24, 2.45) is 0 Å². The number of aromatic hydroxyl groups is 2. The van der Waals surface area contributed by atoms with Gasteiger partial charge in [-0.1, -0.05) is 6.07 Å². The molecule has 6 heteroatoms. The van der Waals surface area contributed by atoms with Gasteiger partial charge in [-0.3, -0.25) is 9.36 Å². The number of anilines is 1. The number of phenolic OH excluding ortho intramolecular Hbond substituents is 2. The van der Waals surface area contributed by atoms with E-state index >= 15 is 0 Å². The zero-order chi connectivity index (χ0) is 16.8. The highest BCUT2D eigenvalue weighted by molar-refractivity contribution is 5.86. The average molecular weight is 321 g/mol. The Hall–Kier alpha value is -3.28. The number of fused-ring (bicyclic) bond motifs is 2. The zero-order valence-corrected chi connectivity index (χ0v) is 12.7. The molecule has 0 radical (unpaired) electrons. The molecule has 0 saturated carbocycles. The highest BCUT2D eigenvalue weighted by Gasteiger charge is 2.21. The maximum atomic E-state index is 12.6. The van der Waals surface area contributed by atoms with Crippen molar-refractivity contribution in [1.29, 1.82) is 0 Å². The van der Waals surface area contributed by atoms with Gasteiger partial charge in [-0.2, -0.15) is 0 Å². The number of benzene rings is 2. The molecule has 24 heavy (non-hydrogen) atoms. The van der Waals surface area contributed by atoms with Crippen molar-refractivity contribution < 1.29 is 10.2 Å². The third kappa shape index (κ3) is 2.20. The first-order chi connectivity index (χ1) is 11.5. The predicted molar refractivity (Wildman–Crippen MR) is 92.7 cm³/mol. The van der Waals surface area contributed by atoms with Crippen LogP contribution in [0, 0.1) is 0 Å². The van der Waals surface area contributed by atoms with Crippen LogP contribution in [0.5, 0.6) is 11.5 Å². The van der Waals surface area contributed by atoms with E-state index < -0.39 is 0 Å². The molecule has 2 aromatic carbocycles. The molecule has 6 nitrogen and oxygen atoms in total. The van der Waals surface area contributed by atoms with Crippen LogP contribution >= 0.6 is 0 Å². The minimum absolute atomic E-state index is 0.0769. The summed E-state index contributed by atoms with van der Waals surface area (Å²) in [5.41, 5.74) is 8.49. The Bertz CT molecular complexity index is 1070. The van der Waals surface area contributed by atoms with Crippen LogP contribution in [0.15, 0.2) is 41.2 Å². The number of nitrogens with zero attached hydrogens (tertiary/aromatic N) is 2.